The molecule has 98 valence electrons. The summed E-state index contributed by atoms with van der Waals surface area (Å²) in [6, 6.07) is 9.48. The summed E-state index contributed by atoms with van der Waals surface area (Å²) in [5.41, 5.74) is 1.72. The molecule has 0 saturated carbocycles. The van der Waals surface area contributed by atoms with Gasteiger partial charge < -0.3 is 9.32 Å². The molecule has 0 fully saturated rings. The van der Waals surface area contributed by atoms with Gasteiger partial charge in [-0.1, -0.05) is 12.1 Å². The lowest BCUT2D eigenvalue weighted by Crippen LogP contribution is -2.11. The number of fused-ring (bicyclic) bond motifs is 1. The first-order valence-electron chi connectivity index (χ1n) is 5.96. The minimum absolute atomic E-state index is 0.456. The van der Waals surface area contributed by atoms with Crippen LogP contribution in [-0.4, -0.2) is 17.0 Å². The van der Waals surface area contributed by atoms with E-state index in [0.29, 0.717) is 11.6 Å². The van der Waals surface area contributed by atoms with E-state index in [1.165, 1.54) is 6.33 Å². The Morgan fingerprint density at radius 3 is 3.00 bits per heavy atom. The zero-order chi connectivity index (χ0) is 13.9. The third-order valence-electron chi connectivity index (χ3n) is 3.00. The Hall–Kier alpha value is -3.07. The van der Waals surface area contributed by atoms with E-state index in [-0.39, 0.29) is 0 Å². The molecule has 0 radical (unpaired) electrons. The second-order valence-electron chi connectivity index (χ2n) is 4.17. The number of nitrogens with one attached hydrogen (secondary N) is 1. The minimum atomic E-state index is 0.456. The van der Waals surface area contributed by atoms with Crippen LogP contribution in [0.5, 0.6) is 0 Å². The number of anilines is 3. The molecule has 0 aliphatic heterocycles. The van der Waals surface area contributed by atoms with Gasteiger partial charge in [-0.2, -0.15) is 5.26 Å². The van der Waals surface area contributed by atoms with Crippen LogP contribution in [0.3, 0.4) is 0 Å². The zero-order valence-electron chi connectivity index (χ0n) is 10.7. The number of hydrogen-bond acceptors (Lipinski definition) is 6. The predicted molar refractivity (Wildman–Crippen MR) is 75.5 cm³/mol. The fourth-order valence-corrected chi connectivity index (χ4v) is 2.00. The SMILES string of the molecule is CN(c1cc(NC#N)ncn1)c1coc2ccccc12. The van der Waals surface area contributed by atoms with Crippen molar-refractivity contribution in [2.24, 2.45) is 0 Å². The Labute approximate surface area is 115 Å². The Bertz CT molecular complexity index is 789. The third-order valence-corrected chi connectivity index (χ3v) is 3.00. The second-order valence-corrected chi connectivity index (χ2v) is 4.17. The Balaban J connectivity index is 2.02. The van der Waals surface area contributed by atoms with E-state index in [9.17, 15) is 0 Å². The molecule has 6 heteroatoms. The van der Waals surface area contributed by atoms with Gasteiger partial charge in [0, 0.05) is 18.5 Å². The van der Waals surface area contributed by atoms with Crippen molar-refractivity contribution in [3.05, 3.63) is 42.9 Å². The lowest BCUT2D eigenvalue weighted by atomic mass is 10.2. The van der Waals surface area contributed by atoms with Crippen LogP contribution >= 0.6 is 0 Å². The summed E-state index contributed by atoms with van der Waals surface area (Å²) in [6.07, 6.45) is 4.93. The fourth-order valence-electron chi connectivity index (χ4n) is 2.00. The maximum Gasteiger partial charge on any atom is 0.182 e. The molecule has 6 nitrogen and oxygen atoms in total. The summed E-state index contributed by atoms with van der Waals surface area (Å²) in [5.74, 6) is 1.13. The normalized spacial score (nSPS) is 10.2. The first kappa shape index (κ1) is 12.0. The summed E-state index contributed by atoms with van der Waals surface area (Å²) >= 11 is 0. The van der Waals surface area contributed by atoms with Crippen LogP contribution in [0, 0.1) is 11.5 Å². The molecule has 0 aliphatic rings. The number of rotatable bonds is 3. The van der Waals surface area contributed by atoms with E-state index in [1.807, 2.05) is 42.4 Å². The van der Waals surface area contributed by atoms with Gasteiger partial charge in [0.1, 0.15) is 29.8 Å². The summed E-state index contributed by atoms with van der Waals surface area (Å²) < 4.78 is 5.52. The molecule has 0 aliphatic carbocycles. The van der Waals surface area contributed by atoms with Gasteiger partial charge >= 0.3 is 0 Å². The van der Waals surface area contributed by atoms with Gasteiger partial charge in [-0.25, -0.2) is 9.97 Å². The predicted octanol–water partition coefficient (Wildman–Crippen LogP) is 2.88. The Kier molecular flexibility index (Phi) is 2.94. The minimum Gasteiger partial charge on any atom is -0.462 e. The van der Waals surface area contributed by atoms with Crippen molar-refractivity contribution in [2.75, 3.05) is 17.3 Å². The molecule has 0 unspecified atom stereocenters. The van der Waals surface area contributed by atoms with Gasteiger partial charge in [0.15, 0.2) is 6.19 Å². The molecular weight excluding hydrogens is 254 g/mol. The van der Waals surface area contributed by atoms with E-state index in [1.54, 1.807) is 12.3 Å². The number of para-hydroxylation sites is 1. The van der Waals surface area contributed by atoms with E-state index in [4.69, 9.17) is 9.68 Å². The van der Waals surface area contributed by atoms with Crippen LogP contribution in [0.1, 0.15) is 0 Å². The largest absolute Gasteiger partial charge is 0.462 e. The quantitative estimate of drug-likeness (QED) is 0.579. The average molecular weight is 265 g/mol. The molecule has 3 aromatic rings. The summed E-state index contributed by atoms with van der Waals surface area (Å²) in [5, 5.41) is 12.1. The van der Waals surface area contributed by atoms with Gasteiger partial charge in [-0.15, -0.1) is 0 Å². The smallest absolute Gasteiger partial charge is 0.182 e. The number of nitriles is 1. The molecule has 2 heterocycles. The summed E-state index contributed by atoms with van der Waals surface area (Å²) in [4.78, 5) is 10.1. The van der Waals surface area contributed by atoms with Crippen LogP contribution in [0.15, 0.2) is 47.3 Å². The van der Waals surface area contributed by atoms with Crippen LogP contribution in [0.2, 0.25) is 0 Å². The Morgan fingerprint density at radius 2 is 2.15 bits per heavy atom. The van der Waals surface area contributed by atoms with E-state index in [0.717, 1.165) is 16.7 Å². The van der Waals surface area contributed by atoms with Gasteiger partial charge in [0.25, 0.3) is 0 Å². The van der Waals surface area contributed by atoms with Crippen molar-refractivity contribution in [1.82, 2.24) is 9.97 Å². The molecule has 0 bridgehead atoms. The topological polar surface area (TPSA) is 78.0 Å². The van der Waals surface area contributed by atoms with Crippen LogP contribution in [0.25, 0.3) is 11.0 Å². The summed E-state index contributed by atoms with van der Waals surface area (Å²) in [7, 11) is 1.88. The third kappa shape index (κ3) is 2.01. The zero-order valence-corrected chi connectivity index (χ0v) is 10.7. The molecule has 20 heavy (non-hydrogen) atoms. The van der Waals surface area contributed by atoms with Crippen molar-refractivity contribution in [2.45, 2.75) is 0 Å². The van der Waals surface area contributed by atoms with Gasteiger partial charge in [-0.3, -0.25) is 5.32 Å². The number of hydrogen-bond donors (Lipinski definition) is 1. The lowest BCUT2D eigenvalue weighted by Gasteiger charge is -2.16. The van der Waals surface area contributed by atoms with Crippen molar-refractivity contribution in [3.63, 3.8) is 0 Å². The van der Waals surface area contributed by atoms with Crippen LogP contribution in [0.4, 0.5) is 17.3 Å². The van der Waals surface area contributed by atoms with E-state index >= 15 is 0 Å². The number of benzene rings is 1. The fraction of sp³-hybridized carbons (Fsp3) is 0.0714. The average Bonchev–Trinajstić information content (AvgIpc) is 2.91. The van der Waals surface area contributed by atoms with Crippen molar-refractivity contribution in [1.29, 1.82) is 5.26 Å². The highest BCUT2D eigenvalue weighted by molar-refractivity contribution is 5.92. The first-order chi connectivity index (χ1) is 9.79. The number of aromatic nitrogens is 2. The van der Waals surface area contributed by atoms with Gasteiger partial charge in [0.05, 0.1) is 5.69 Å². The molecule has 1 aromatic carbocycles. The maximum absolute atomic E-state index is 8.62. The highest BCUT2D eigenvalue weighted by Crippen LogP contribution is 2.32. The van der Waals surface area contributed by atoms with Crippen molar-refractivity contribution < 1.29 is 4.42 Å². The van der Waals surface area contributed by atoms with Gasteiger partial charge in [0.2, 0.25) is 0 Å². The second kappa shape index (κ2) is 4.90. The molecule has 2 aromatic heterocycles. The highest BCUT2D eigenvalue weighted by Gasteiger charge is 2.12. The number of furan rings is 1. The summed E-state index contributed by atoms with van der Waals surface area (Å²) in [6.45, 7) is 0. The van der Waals surface area contributed by atoms with Crippen molar-refractivity contribution >= 4 is 28.3 Å². The molecule has 0 spiro atoms. The van der Waals surface area contributed by atoms with Crippen molar-refractivity contribution in [3.8, 4) is 6.19 Å². The highest BCUT2D eigenvalue weighted by atomic mass is 16.3. The molecule has 3 rings (SSSR count). The van der Waals surface area contributed by atoms with E-state index in [2.05, 4.69) is 15.3 Å². The van der Waals surface area contributed by atoms with Crippen LogP contribution < -0.4 is 10.2 Å². The number of nitrogens with zero attached hydrogens (tertiary/aromatic N) is 4. The monoisotopic (exact) mass is 265 g/mol. The van der Waals surface area contributed by atoms with E-state index < -0.39 is 0 Å². The first-order valence-corrected chi connectivity index (χ1v) is 5.96. The standard InChI is InChI=1S/C14H11N5O/c1-19(14-6-13(16-8-15)17-9-18-14)11-7-20-12-5-3-2-4-10(11)12/h2-7,9H,1H3,(H,16,17,18). The lowest BCUT2D eigenvalue weighted by molar-refractivity contribution is 0.616. The van der Waals surface area contributed by atoms with Gasteiger partial charge in [-0.05, 0) is 12.1 Å². The molecule has 0 amide bonds. The molecule has 0 saturated heterocycles. The molecule has 0 atom stereocenters. The molecular formula is C14H11N5O. The van der Waals surface area contributed by atoms with Crippen LogP contribution in [-0.2, 0) is 0 Å². The Morgan fingerprint density at radius 1 is 1.30 bits per heavy atom. The molecule has 1 N–H and O–H groups in total. The maximum atomic E-state index is 8.62.